The summed E-state index contributed by atoms with van der Waals surface area (Å²) in [5.74, 6) is 0.333. The lowest BCUT2D eigenvalue weighted by atomic mass is 10.1. The van der Waals surface area contributed by atoms with E-state index in [0.717, 1.165) is 22.4 Å². The first-order chi connectivity index (χ1) is 14.2. The number of nitrogens with one attached hydrogen (secondary N) is 1. The molecule has 3 aromatic rings. The first-order valence-corrected chi connectivity index (χ1v) is 9.40. The molecule has 4 heteroatoms. The summed E-state index contributed by atoms with van der Waals surface area (Å²) in [6.45, 7) is 2.38. The fourth-order valence-electron chi connectivity index (χ4n) is 2.82. The summed E-state index contributed by atoms with van der Waals surface area (Å²) in [6.07, 6.45) is 1.58. The number of amides is 1. The molecule has 29 heavy (non-hydrogen) atoms. The monoisotopic (exact) mass is 382 g/mol. The van der Waals surface area contributed by atoms with E-state index in [1.807, 2.05) is 97.9 Å². The van der Waals surface area contributed by atoms with Gasteiger partial charge in [-0.25, -0.2) is 0 Å². The van der Waals surface area contributed by atoms with E-state index in [4.69, 9.17) is 4.74 Å². The molecule has 1 N–H and O–H groups in total. The maximum absolute atomic E-state index is 12.5. The summed E-state index contributed by atoms with van der Waals surface area (Å²) in [5.41, 5.74) is 2.90. The van der Waals surface area contributed by atoms with E-state index in [2.05, 4.69) is 5.32 Å². The SMILES string of the molecule is C[C@@H](NC(=O)/C(C#N)=C/c1ccc(OCc2ccccc2)cc1)c1ccccc1. The maximum atomic E-state index is 12.5. The molecule has 0 unspecified atom stereocenters. The molecule has 144 valence electrons. The first-order valence-electron chi connectivity index (χ1n) is 9.40. The summed E-state index contributed by atoms with van der Waals surface area (Å²) < 4.78 is 5.76. The number of carbonyl (C=O) groups is 1. The number of benzene rings is 3. The quantitative estimate of drug-likeness (QED) is 0.459. The van der Waals surface area contributed by atoms with Gasteiger partial charge in [-0.1, -0.05) is 72.8 Å². The highest BCUT2D eigenvalue weighted by Crippen LogP contribution is 2.17. The molecule has 3 rings (SSSR count). The zero-order valence-corrected chi connectivity index (χ0v) is 16.2. The van der Waals surface area contributed by atoms with E-state index in [-0.39, 0.29) is 11.6 Å². The van der Waals surface area contributed by atoms with Gasteiger partial charge in [-0.3, -0.25) is 4.79 Å². The van der Waals surface area contributed by atoms with Gasteiger partial charge in [-0.15, -0.1) is 0 Å². The van der Waals surface area contributed by atoms with Crippen molar-refractivity contribution < 1.29 is 9.53 Å². The lowest BCUT2D eigenvalue weighted by Crippen LogP contribution is -2.27. The van der Waals surface area contributed by atoms with Crippen LogP contribution in [0.1, 0.15) is 29.7 Å². The fourth-order valence-corrected chi connectivity index (χ4v) is 2.82. The van der Waals surface area contributed by atoms with Crippen LogP contribution in [0.4, 0.5) is 0 Å². The maximum Gasteiger partial charge on any atom is 0.262 e. The third kappa shape index (κ3) is 5.82. The number of ether oxygens (including phenoxy) is 1. The van der Waals surface area contributed by atoms with Gasteiger partial charge in [0.25, 0.3) is 5.91 Å². The summed E-state index contributed by atoms with van der Waals surface area (Å²) in [6, 6.07) is 28.7. The molecule has 0 aromatic heterocycles. The molecule has 0 aliphatic rings. The number of hydrogen-bond donors (Lipinski definition) is 1. The molecule has 0 saturated heterocycles. The van der Waals surface area contributed by atoms with Crippen molar-refractivity contribution in [1.29, 1.82) is 5.26 Å². The third-order valence-corrected chi connectivity index (χ3v) is 4.45. The van der Waals surface area contributed by atoms with Gasteiger partial charge in [-0.05, 0) is 41.8 Å². The van der Waals surface area contributed by atoms with Crippen molar-refractivity contribution in [3.63, 3.8) is 0 Å². The smallest absolute Gasteiger partial charge is 0.262 e. The van der Waals surface area contributed by atoms with Gasteiger partial charge in [0.1, 0.15) is 24.0 Å². The average Bonchev–Trinajstić information content (AvgIpc) is 2.78. The average molecular weight is 382 g/mol. The molecule has 0 saturated carbocycles. The van der Waals surface area contributed by atoms with Crippen LogP contribution in [-0.2, 0) is 11.4 Å². The molecule has 1 amide bonds. The Hall–Kier alpha value is -3.84. The molecule has 4 nitrogen and oxygen atoms in total. The predicted octanol–water partition coefficient (Wildman–Crippen LogP) is 5.05. The molecule has 3 aromatic carbocycles. The lowest BCUT2D eigenvalue weighted by Gasteiger charge is -2.13. The normalized spacial score (nSPS) is 11.9. The highest BCUT2D eigenvalue weighted by molar-refractivity contribution is 6.01. The molecular weight excluding hydrogens is 360 g/mol. The van der Waals surface area contributed by atoms with Gasteiger partial charge >= 0.3 is 0 Å². The second-order valence-corrected chi connectivity index (χ2v) is 6.62. The van der Waals surface area contributed by atoms with Crippen LogP contribution in [0.2, 0.25) is 0 Å². The number of hydrogen-bond acceptors (Lipinski definition) is 3. The van der Waals surface area contributed by atoms with Crippen molar-refractivity contribution in [1.82, 2.24) is 5.32 Å². The molecule has 0 heterocycles. The minimum atomic E-state index is -0.395. The molecular formula is C25H22N2O2. The van der Waals surface area contributed by atoms with Crippen LogP contribution >= 0.6 is 0 Å². The highest BCUT2D eigenvalue weighted by Gasteiger charge is 2.13. The fraction of sp³-hybridized carbons (Fsp3) is 0.120. The first kappa shape index (κ1) is 19.9. The van der Waals surface area contributed by atoms with Crippen LogP contribution < -0.4 is 10.1 Å². The third-order valence-electron chi connectivity index (χ3n) is 4.45. The van der Waals surface area contributed by atoms with Crippen molar-refractivity contribution >= 4 is 12.0 Å². The Labute approximate surface area is 171 Å². The van der Waals surface area contributed by atoms with Gasteiger partial charge in [0.15, 0.2) is 0 Å². The van der Waals surface area contributed by atoms with E-state index in [1.54, 1.807) is 6.08 Å². The second kappa shape index (κ2) is 9.91. The molecule has 0 spiro atoms. The minimum absolute atomic E-state index is 0.0609. The molecule has 0 bridgehead atoms. The number of rotatable bonds is 7. The Morgan fingerprint density at radius 1 is 1.00 bits per heavy atom. The van der Waals surface area contributed by atoms with Gasteiger partial charge < -0.3 is 10.1 Å². The van der Waals surface area contributed by atoms with Crippen LogP contribution in [0.3, 0.4) is 0 Å². The predicted molar refractivity (Wildman–Crippen MR) is 114 cm³/mol. The van der Waals surface area contributed by atoms with Crippen molar-refractivity contribution in [2.75, 3.05) is 0 Å². The van der Waals surface area contributed by atoms with Crippen molar-refractivity contribution in [3.05, 3.63) is 107 Å². The van der Waals surface area contributed by atoms with E-state index in [9.17, 15) is 10.1 Å². The van der Waals surface area contributed by atoms with Gasteiger partial charge in [-0.2, -0.15) is 5.26 Å². The van der Waals surface area contributed by atoms with Crippen LogP contribution in [-0.4, -0.2) is 5.91 Å². The van der Waals surface area contributed by atoms with E-state index in [0.29, 0.717) is 6.61 Å². The molecule has 0 aliphatic carbocycles. The van der Waals surface area contributed by atoms with Crippen LogP contribution in [0.15, 0.2) is 90.5 Å². The number of nitriles is 1. The molecule has 1 atom stereocenters. The second-order valence-electron chi connectivity index (χ2n) is 6.62. The Kier molecular flexibility index (Phi) is 6.80. The largest absolute Gasteiger partial charge is 0.489 e. The van der Waals surface area contributed by atoms with Crippen molar-refractivity contribution in [2.45, 2.75) is 19.6 Å². The van der Waals surface area contributed by atoms with Gasteiger partial charge in [0.05, 0.1) is 6.04 Å². The number of carbonyl (C=O) groups excluding carboxylic acids is 1. The van der Waals surface area contributed by atoms with Gasteiger partial charge in [0.2, 0.25) is 0 Å². The topological polar surface area (TPSA) is 62.1 Å². The van der Waals surface area contributed by atoms with Crippen molar-refractivity contribution in [2.24, 2.45) is 0 Å². The zero-order chi connectivity index (χ0) is 20.5. The lowest BCUT2D eigenvalue weighted by molar-refractivity contribution is -0.117. The van der Waals surface area contributed by atoms with E-state index in [1.165, 1.54) is 0 Å². The van der Waals surface area contributed by atoms with Crippen LogP contribution in [0.5, 0.6) is 5.75 Å². The van der Waals surface area contributed by atoms with Crippen LogP contribution in [0, 0.1) is 11.3 Å². The van der Waals surface area contributed by atoms with E-state index < -0.39 is 5.91 Å². The van der Waals surface area contributed by atoms with Crippen LogP contribution in [0.25, 0.3) is 6.08 Å². The number of nitrogens with zero attached hydrogens (tertiary/aromatic N) is 1. The van der Waals surface area contributed by atoms with E-state index >= 15 is 0 Å². The van der Waals surface area contributed by atoms with Crippen molar-refractivity contribution in [3.8, 4) is 11.8 Å². The Bertz CT molecular complexity index is 1000. The molecule has 0 fully saturated rings. The summed E-state index contributed by atoms with van der Waals surface area (Å²) in [5, 5.41) is 12.3. The minimum Gasteiger partial charge on any atom is -0.489 e. The Balaban J connectivity index is 1.62. The molecule has 0 radical (unpaired) electrons. The molecule has 0 aliphatic heterocycles. The summed E-state index contributed by atoms with van der Waals surface area (Å²) >= 11 is 0. The highest BCUT2D eigenvalue weighted by atomic mass is 16.5. The zero-order valence-electron chi connectivity index (χ0n) is 16.2. The standard InChI is InChI=1S/C25H22N2O2/c1-19(22-10-6-3-7-11-22)27-25(28)23(17-26)16-20-12-14-24(15-13-20)29-18-21-8-4-2-5-9-21/h2-16,19H,18H2,1H3,(H,27,28)/b23-16+/t19-/m1/s1. The Morgan fingerprint density at radius 2 is 1.62 bits per heavy atom. The summed E-state index contributed by atoms with van der Waals surface area (Å²) in [7, 11) is 0. The summed E-state index contributed by atoms with van der Waals surface area (Å²) in [4.78, 5) is 12.5. The Morgan fingerprint density at radius 3 is 2.24 bits per heavy atom. The van der Waals surface area contributed by atoms with Gasteiger partial charge in [0, 0.05) is 0 Å².